The van der Waals surface area contributed by atoms with Gasteiger partial charge >= 0.3 is 0 Å². The van der Waals surface area contributed by atoms with Crippen molar-refractivity contribution in [2.45, 2.75) is 51.0 Å². The van der Waals surface area contributed by atoms with E-state index in [2.05, 4.69) is 12.2 Å². The van der Waals surface area contributed by atoms with Crippen LogP contribution in [0.3, 0.4) is 0 Å². The minimum absolute atomic E-state index is 0.244. The van der Waals surface area contributed by atoms with Crippen molar-refractivity contribution in [3.8, 4) is 0 Å². The van der Waals surface area contributed by atoms with Gasteiger partial charge in [-0.25, -0.2) is 0 Å². The Balaban J connectivity index is 2.53. The van der Waals surface area contributed by atoms with Gasteiger partial charge in [-0.05, 0) is 32.2 Å². The maximum Gasteiger partial charge on any atom is 0.0448 e. The molecule has 1 fully saturated rings. The van der Waals surface area contributed by atoms with Gasteiger partial charge in [0.15, 0.2) is 0 Å². The van der Waals surface area contributed by atoms with Crippen LogP contribution < -0.4 is 5.32 Å². The second-order valence-corrected chi connectivity index (χ2v) is 4.37. The van der Waals surface area contributed by atoms with Gasteiger partial charge in [0.25, 0.3) is 0 Å². The molecular weight excluding hydrogens is 162 g/mol. The molecule has 0 radical (unpaired) electrons. The summed E-state index contributed by atoms with van der Waals surface area (Å²) in [6.45, 7) is 2.59. The van der Waals surface area contributed by atoms with Crippen molar-refractivity contribution >= 4 is 0 Å². The molecule has 2 atom stereocenters. The van der Waals surface area contributed by atoms with Gasteiger partial charge < -0.3 is 10.4 Å². The molecule has 13 heavy (non-hydrogen) atoms. The molecule has 1 aliphatic rings. The third-order valence-corrected chi connectivity index (χ3v) is 3.65. The van der Waals surface area contributed by atoms with Gasteiger partial charge in [-0.15, -0.1) is 0 Å². The average molecular weight is 185 g/mol. The molecule has 0 aromatic heterocycles. The van der Waals surface area contributed by atoms with Crippen LogP contribution in [0.25, 0.3) is 0 Å². The molecule has 2 unspecified atom stereocenters. The monoisotopic (exact) mass is 185 g/mol. The topological polar surface area (TPSA) is 32.3 Å². The molecule has 2 heteroatoms. The maximum absolute atomic E-state index is 9.03. The smallest absolute Gasteiger partial charge is 0.0448 e. The molecule has 2 nitrogen and oxygen atoms in total. The zero-order valence-electron chi connectivity index (χ0n) is 8.97. The summed E-state index contributed by atoms with van der Waals surface area (Å²) in [5.41, 5.74) is 0.244. The summed E-state index contributed by atoms with van der Waals surface area (Å²) in [6.07, 6.45) is 7.39. The molecule has 0 heterocycles. The Kier molecular flexibility index (Phi) is 4.20. The van der Waals surface area contributed by atoms with Crippen LogP contribution in [-0.4, -0.2) is 24.3 Å². The largest absolute Gasteiger partial charge is 0.396 e. The molecule has 1 rings (SSSR count). The van der Waals surface area contributed by atoms with Crippen molar-refractivity contribution < 1.29 is 5.11 Å². The standard InChI is InChI=1S/C11H23NO/c1-3-10-5-4-6-11(9-10,12-2)7-8-13/h10,12-13H,3-9H2,1-2H3. The molecule has 0 aromatic carbocycles. The van der Waals surface area contributed by atoms with Crippen LogP contribution in [0.15, 0.2) is 0 Å². The van der Waals surface area contributed by atoms with Crippen molar-refractivity contribution in [2.24, 2.45) is 5.92 Å². The summed E-state index contributed by atoms with van der Waals surface area (Å²) < 4.78 is 0. The Morgan fingerprint density at radius 3 is 2.85 bits per heavy atom. The highest BCUT2D eigenvalue weighted by Crippen LogP contribution is 2.35. The number of hydrogen-bond donors (Lipinski definition) is 2. The molecule has 1 aliphatic carbocycles. The van der Waals surface area contributed by atoms with Crippen LogP contribution in [0.4, 0.5) is 0 Å². The summed E-state index contributed by atoms with van der Waals surface area (Å²) in [7, 11) is 2.04. The summed E-state index contributed by atoms with van der Waals surface area (Å²) in [5.74, 6) is 0.868. The predicted molar refractivity (Wildman–Crippen MR) is 55.7 cm³/mol. The number of rotatable bonds is 4. The first-order valence-electron chi connectivity index (χ1n) is 5.56. The first-order valence-corrected chi connectivity index (χ1v) is 5.56. The highest BCUT2D eigenvalue weighted by Gasteiger charge is 2.33. The zero-order valence-corrected chi connectivity index (χ0v) is 8.97. The second-order valence-electron chi connectivity index (χ2n) is 4.37. The van der Waals surface area contributed by atoms with Crippen LogP contribution >= 0.6 is 0 Å². The molecular formula is C11H23NO. The molecule has 0 aromatic rings. The number of hydrogen-bond acceptors (Lipinski definition) is 2. The van der Waals surface area contributed by atoms with Gasteiger partial charge in [0.05, 0.1) is 0 Å². The second kappa shape index (κ2) is 4.97. The third kappa shape index (κ3) is 2.68. The van der Waals surface area contributed by atoms with E-state index in [0.717, 1.165) is 12.3 Å². The van der Waals surface area contributed by atoms with Crippen molar-refractivity contribution in [2.75, 3.05) is 13.7 Å². The van der Waals surface area contributed by atoms with E-state index in [1.54, 1.807) is 0 Å². The van der Waals surface area contributed by atoms with E-state index >= 15 is 0 Å². The zero-order chi connectivity index (χ0) is 9.73. The molecule has 2 N–H and O–H groups in total. The van der Waals surface area contributed by atoms with Crippen molar-refractivity contribution in [3.05, 3.63) is 0 Å². The van der Waals surface area contributed by atoms with Gasteiger partial charge in [-0.1, -0.05) is 26.2 Å². The van der Waals surface area contributed by atoms with Gasteiger partial charge in [-0.2, -0.15) is 0 Å². The van der Waals surface area contributed by atoms with E-state index in [0.29, 0.717) is 6.61 Å². The molecule has 0 amide bonds. The van der Waals surface area contributed by atoms with Gasteiger partial charge in [0, 0.05) is 12.1 Å². The normalized spacial score (nSPS) is 34.8. The molecule has 0 spiro atoms. The lowest BCUT2D eigenvalue weighted by Gasteiger charge is -2.40. The van der Waals surface area contributed by atoms with Crippen molar-refractivity contribution in [1.29, 1.82) is 0 Å². The predicted octanol–water partition coefficient (Wildman–Crippen LogP) is 1.93. The Bertz CT molecular complexity index is 145. The number of nitrogens with one attached hydrogen (secondary N) is 1. The molecule has 0 bridgehead atoms. The van der Waals surface area contributed by atoms with E-state index in [-0.39, 0.29) is 5.54 Å². The van der Waals surface area contributed by atoms with Crippen molar-refractivity contribution in [3.63, 3.8) is 0 Å². The van der Waals surface area contributed by atoms with Crippen molar-refractivity contribution in [1.82, 2.24) is 5.32 Å². The number of aliphatic hydroxyl groups is 1. The van der Waals surface area contributed by atoms with E-state index < -0.39 is 0 Å². The summed E-state index contributed by atoms with van der Waals surface area (Å²) >= 11 is 0. The highest BCUT2D eigenvalue weighted by molar-refractivity contribution is 4.92. The average Bonchev–Trinajstić information content (AvgIpc) is 2.19. The Morgan fingerprint density at radius 2 is 2.31 bits per heavy atom. The Morgan fingerprint density at radius 1 is 1.54 bits per heavy atom. The minimum atomic E-state index is 0.244. The van der Waals surface area contributed by atoms with Crippen LogP contribution in [0.1, 0.15) is 45.4 Å². The van der Waals surface area contributed by atoms with Crippen LogP contribution in [0.2, 0.25) is 0 Å². The van der Waals surface area contributed by atoms with Gasteiger partial charge in [0.2, 0.25) is 0 Å². The fourth-order valence-corrected chi connectivity index (χ4v) is 2.63. The molecule has 1 saturated carbocycles. The molecule has 0 aliphatic heterocycles. The highest BCUT2D eigenvalue weighted by atomic mass is 16.3. The minimum Gasteiger partial charge on any atom is -0.396 e. The van der Waals surface area contributed by atoms with Crippen LogP contribution in [0, 0.1) is 5.92 Å². The fourth-order valence-electron chi connectivity index (χ4n) is 2.63. The third-order valence-electron chi connectivity index (χ3n) is 3.65. The summed E-state index contributed by atoms with van der Waals surface area (Å²) in [6, 6.07) is 0. The van der Waals surface area contributed by atoms with Gasteiger partial charge in [-0.3, -0.25) is 0 Å². The first kappa shape index (κ1) is 11.0. The quantitative estimate of drug-likeness (QED) is 0.701. The SMILES string of the molecule is CCC1CCCC(CCO)(NC)C1. The lowest BCUT2D eigenvalue weighted by Crippen LogP contribution is -2.47. The number of aliphatic hydroxyl groups excluding tert-OH is 1. The summed E-state index contributed by atoms with van der Waals surface area (Å²) in [4.78, 5) is 0. The Hall–Kier alpha value is -0.0800. The van der Waals surface area contributed by atoms with E-state index in [9.17, 15) is 0 Å². The fraction of sp³-hybridized carbons (Fsp3) is 1.00. The van der Waals surface area contributed by atoms with Crippen LogP contribution in [0.5, 0.6) is 0 Å². The van der Waals surface area contributed by atoms with E-state index in [1.165, 1.54) is 32.1 Å². The summed E-state index contributed by atoms with van der Waals surface area (Å²) in [5, 5.41) is 12.5. The van der Waals surface area contributed by atoms with E-state index in [1.807, 2.05) is 7.05 Å². The Labute approximate surface area is 81.7 Å². The lowest BCUT2D eigenvalue weighted by atomic mass is 9.73. The lowest BCUT2D eigenvalue weighted by molar-refractivity contribution is 0.140. The van der Waals surface area contributed by atoms with Gasteiger partial charge in [0.1, 0.15) is 0 Å². The van der Waals surface area contributed by atoms with E-state index in [4.69, 9.17) is 5.11 Å². The molecule has 0 saturated heterocycles. The maximum atomic E-state index is 9.03. The molecule has 78 valence electrons. The first-order chi connectivity index (χ1) is 6.26. The van der Waals surface area contributed by atoms with Crippen LogP contribution in [-0.2, 0) is 0 Å².